The fraction of sp³-hybridized carbons (Fsp3) is 0.500. The Hall–Kier alpha value is -1.84. The summed E-state index contributed by atoms with van der Waals surface area (Å²) in [4.78, 5) is 25.2. The number of nitrogens with one attached hydrogen (secondary N) is 1. The van der Waals surface area contributed by atoms with Crippen LogP contribution < -0.4 is 5.32 Å². The second-order valence-electron chi connectivity index (χ2n) is 5.09. The van der Waals surface area contributed by atoms with E-state index in [1.54, 1.807) is 11.9 Å². The third-order valence-electron chi connectivity index (χ3n) is 3.39. The highest BCUT2D eigenvalue weighted by atomic mass is 16.2. The molecule has 0 bridgehead atoms. The molecule has 0 spiro atoms. The van der Waals surface area contributed by atoms with Gasteiger partial charge in [0, 0.05) is 32.5 Å². The molecule has 0 aliphatic heterocycles. The number of benzene rings is 1. The van der Waals surface area contributed by atoms with Crippen LogP contribution in [0.25, 0.3) is 0 Å². The van der Waals surface area contributed by atoms with E-state index in [4.69, 9.17) is 0 Å². The predicted octanol–water partition coefficient (Wildman–Crippen LogP) is 2.20. The fourth-order valence-electron chi connectivity index (χ4n) is 1.79. The Balaban J connectivity index is 2.30. The largest absolute Gasteiger partial charge is 0.355 e. The van der Waals surface area contributed by atoms with E-state index < -0.39 is 0 Å². The Morgan fingerprint density at radius 3 is 2.50 bits per heavy atom. The highest BCUT2D eigenvalue weighted by Gasteiger charge is 2.12. The van der Waals surface area contributed by atoms with Gasteiger partial charge in [-0.2, -0.15) is 0 Å². The molecule has 0 aliphatic carbocycles. The molecule has 0 aromatic heterocycles. The van der Waals surface area contributed by atoms with E-state index in [0.717, 1.165) is 12.0 Å². The van der Waals surface area contributed by atoms with Crippen LogP contribution in [-0.4, -0.2) is 30.3 Å². The summed E-state index contributed by atoms with van der Waals surface area (Å²) >= 11 is 0. The molecule has 1 aromatic carbocycles. The van der Waals surface area contributed by atoms with Crippen molar-refractivity contribution in [1.82, 2.24) is 10.2 Å². The summed E-state index contributed by atoms with van der Waals surface area (Å²) < 4.78 is 0. The highest BCUT2D eigenvalue weighted by molar-refractivity contribution is 5.80. The average Bonchev–Trinajstić information content (AvgIpc) is 2.47. The minimum absolute atomic E-state index is 0.00662. The smallest absolute Gasteiger partial charge is 0.224 e. The molecule has 1 aromatic rings. The first-order chi connectivity index (χ1) is 9.54. The Morgan fingerprint density at radius 1 is 1.25 bits per heavy atom. The third-order valence-corrected chi connectivity index (χ3v) is 3.39. The van der Waals surface area contributed by atoms with Crippen molar-refractivity contribution in [3.63, 3.8) is 0 Å². The Bertz CT molecular complexity index is 431. The number of carbonyl (C=O) groups is 2. The van der Waals surface area contributed by atoms with Crippen molar-refractivity contribution in [2.24, 2.45) is 5.92 Å². The van der Waals surface area contributed by atoms with Gasteiger partial charge in [0.05, 0.1) is 0 Å². The lowest BCUT2D eigenvalue weighted by molar-refractivity contribution is -0.130. The number of hydrogen-bond acceptors (Lipinski definition) is 2. The maximum absolute atomic E-state index is 11.9. The number of amides is 2. The van der Waals surface area contributed by atoms with Crippen LogP contribution in [0.5, 0.6) is 0 Å². The average molecular weight is 276 g/mol. The van der Waals surface area contributed by atoms with Crippen LogP contribution in [0.2, 0.25) is 0 Å². The van der Waals surface area contributed by atoms with Gasteiger partial charge < -0.3 is 10.2 Å². The summed E-state index contributed by atoms with van der Waals surface area (Å²) in [6, 6.07) is 9.86. The summed E-state index contributed by atoms with van der Waals surface area (Å²) in [5, 5.41) is 2.80. The minimum Gasteiger partial charge on any atom is -0.355 e. The van der Waals surface area contributed by atoms with Crippen LogP contribution in [0.4, 0.5) is 0 Å². The molecule has 110 valence electrons. The molecular formula is C16H24N2O2. The van der Waals surface area contributed by atoms with E-state index in [0.29, 0.717) is 19.5 Å². The second-order valence-corrected chi connectivity index (χ2v) is 5.09. The molecule has 1 unspecified atom stereocenters. The van der Waals surface area contributed by atoms with Gasteiger partial charge in [-0.3, -0.25) is 9.59 Å². The molecule has 1 atom stereocenters. The number of nitrogens with zero attached hydrogens (tertiary/aromatic N) is 1. The van der Waals surface area contributed by atoms with Gasteiger partial charge in [-0.25, -0.2) is 0 Å². The topological polar surface area (TPSA) is 49.4 Å². The quantitative estimate of drug-likeness (QED) is 0.830. The molecule has 20 heavy (non-hydrogen) atoms. The van der Waals surface area contributed by atoms with E-state index in [9.17, 15) is 9.59 Å². The maximum Gasteiger partial charge on any atom is 0.224 e. The van der Waals surface area contributed by atoms with Crippen molar-refractivity contribution >= 4 is 11.8 Å². The zero-order chi connectivity index (χ0) is 15.0. The lowest BCUT2D eigenvalue weighted by Crippen LogP contribution is -2.34. The number of hydrogen-bond donors (Lipinski definition) is 1. The van der Waals surface area contributed by atoms with Gasteiger partial charge in [-0.05, 0) is 12.0 Å². The maximum atomic E-state index is 11.9. The molecule has 4 heteroatoms. The number of carbonyl (C=O) groups excluding carboxylic acids is 2. The zero-order valence-corrected chi connectivity index (χ0v) is 12.6. The first-order valence-electron chi connectivity index (χ1n) is 7.10. The molecule has 1 rings (SSSR count). The van der Waals surface area contributed by atoms with Crippen molar-refractivity contribution in [3.8, 4) is 0 Å². The van der Waals surface area contributed by atoms with Crippen molar-refractivity contribution < 1.29 is 9.59 Å². The summed E-state index contributed by atoms with van der Waals surface area (Å²) in [6.07, 6.45) is 1.15. The fourth-order valence-corrected chi connectivity index (χ4v) is 1.79. The first-order valence-corrected chi connectivity index (χ1v) is 7.10. The summed E-state index contributed by atoms with van der Waals surface area (Å²) in [5.41, 5.74) is 1.10. The molecule has 0 fully saturated rings. The molecule has 2 amide bonds. The lowest BCUT2D eigenvalue weighted by Gasteiger charge is -2.17. The summed E-state index contributed by atoms with van der Waals surface area (Å²) in [6.45, 7) is 4.86. The van der Waals surface area contributed by atoms with Gasteiger partial charge in [0.15, 0.2) is 0 Å². The van der Waals surface area contributed by atoms with Gasteiger partial charge in [-0.1, -0.05) is 44.2 Å². The SMILES string of the molecule is CCC(C)C(=O)NCCC(=O)N(C)Cc1ccccc1. The number of rotatable bonds is 7. The Morgan fingerprint density at radius 2 is 1.90 bits per heavy atom. The van der Waals surface area contributed by atoms with E-state index in [1.807, 2.05) is 44.2 Å². The van der Waals surface area contributed by atoms with Crippen LogP contribution in [0.15, 0.2) is 30.3 Å². The van der Waals surface area contributed by atoms with Crippen LogP contribution in [0.1, 0.15) is 32.3 Å². The lowest BCUT2D eigenvalue weighted by atomic mass is 10.1. The van der Waals surface area contributed by atoms with E-state index >= 15 is 0 Å². The third kappa shape index (κ3) is 5.43. The Labute approximate surface area is 121 Å². The standard InChI is InChI=1S/C16H24N2O2/c1-4-13(2)16(20)17-11-10-15(19)18(3)12-14-8-6-5-7-9-14/h5-9,13H,4,10-12H2,1-3H3,(H,17,20). The second kappa shape index (κ2) is 8.35. The summed E-state index contributed by atoms with van der Waals surface area (Å²) in [5.74, 6) is 0.0662. The first kappa shape index (κ1) is 16.2. The predicted molar refractivity (Wildman–Crippen MR) is 80.0 cm³/mol. The van der Waals surface area contributed by atoms with Gasteiger partial charge >= 0.3 is 0 Å². The van der Waals surface area contributed by atoms with E-state index in [1.165, 1.54) is 0 Å². The summed E-state index contributed by atoms with van der Waals surface area (Å²) in [7, 11) is 1.78. The van der Waals surface area contributed by atoms with Crippen LogP contribution in [0.3, 0.4) is 0 Å². The molecule has 0 saturated carbocycles. The molecule has 0 radical (unpaired) electrons. The normalized spacial score (nSPS) is 11.8. The Kier molecular flexibility index (Phi) is 6.77. The van der Waals surface area contributed by atoms with Gasteiger partial charge in [0.2, 0.25) is 11.8 Å². The minimum atomic E-state index is 0.00662. The van der Waals surface area contributed by atoms with Crippen molar-refractivity contribution in [3.05, 3.63) is 35.9 Å². The van der Waals surface area contributed by atoms with Crippen molar-refractivity contribution in [2.75, 3.05) is 13.6 Å². The monoisotopic (exact) mass is 276 g/mol. The molecule has 0 saturated heterocycles. The molecule has 1 N–H and O–H groups in total. The van der Waals surface area contributed by atoms with Crippen LogP contribution in [0, 0.1) is 5.92 Å². The van der Waals surface area contributed by atoms with Crippen molar-refractivity contribution in [2.45, 2.75) is 33.2 Å². The molecule has 4 nitrogen and oxygen atoms in total. The van der Waals surface area contributed by atoms with E-state index in [-0.39, 0.29) is 17.7 Å². The molecule has 0 heterocycles. The van der Waals surface area contributed by atoms with Crippen molar-refractivity contribution in [1.29, 1.82) is 0 Å². The van der Waals surface area contributed by atoms with Crippen LogP contribution >= 0.6 is 0 Å². The van der Waals surface area contributed by atoms with Gasteiger partial charge in [0.25, 0.3) is 0 Å². The molecule has 0 aliphatic rings. The zero-order valence-electron chi connectivity index (χ0n) is 12.6. The van der Waals surface area contributed by atoms with Gasteiger partial charge in [-0.15, -0.1) is 0 Å². The highest BCUT2D eigenvalue weighted by Crippen LogP contribution is 2.04. The van der Waals surface area contributed by atoms with Gasteiger partial charge in [0.1, 0.15) is 0 Å². The van der Waals surface area contributed by atoms with E-state index in [2.05, 4.69) is 5.32 Å². The van der Waals surface area contributed by atoms with Crippen LogP contribution in [-0.2, 0) is 16.1 Å². The molecular weight excluding hydrogens is 252 g/mol.